The molecule has 1 heterocycles. The van der Waals surface area contributed by atoms with Crippen LogP contribution in [0.4, 0.5) is 0 Å². The summed E-state index contributed by atoms with van der Waals surface area (Å²) in [6.07, 6.45) is 0. The Bertz CT molecular complexity index is 555. The Kier molecular flexibility index (Phi) is 2.59. The Morgan fingerprint density at radius 1 is 1.38 bits per heavy atom. The summed E-state index contributed by atoms with van der Waals surface area (Å²) in [6, 6.07) is 5.06. The molecule has 0 aliphatic carbocycles. The van der Waals surface area contributed by atoms with E-state index in [-0.39, 0.29) is 11.3 Å². The molecule has 0 spiro atoms. The normalized spacial score (nSPS) is 11.2. The minimum absolute atomic E-state index is 0.0411. The van der Waals surface area contributed by atoms with Crippen molar-refractivity contribution in [2.75, 3.05) is 0 Å². The number of carboxylic acids is 1. The monoisotopic (exact) mass is 236 g/mol. The van der Waals surface area contributed by atoms with E-state index in [1.54, 1.807) is 17.4 Å². The zero-order valence-corrected chi connectivity index (χ0v) is 9.84. The fourth-order valence-corrected chi connectivity index (χ4v) is 2.64. The molecule has 0 fully saturated rings. The van der Waals surface area contributed by atoms with Gasteiger partial charge in [0, 0.05) is 15.0 Å². The molecule has 2 aromatic rings. The van der Waals surface area contributed by atoms with Gasteiger partial charge in [0.2, 0.25) is 0 Å². The van der Waals surface area contributed by atoms with Gasteiger partial charge in [0.1, 0.15) is 11.3 Å². The molecule has 84 valence electrons. The molecule has 0 atom stereocenters. The van der Waals surface area contributed by atoms with Gasteiger partial charge < -0.3 is 10.2 Å². The van der Waals surface area contributed by atoms with Gasteiger partial charge in [-0.3, -0.25) is 0 Å². The third kappa shape index (κ3) is 1.65. The maximum Gasteiger partial charge on any atom is 0.339 e. The molecule has 0 saturated carbocycles. The van der Waals surface area contributed by atoms with Crippen molar-refractivity contribution in [3.05, 3.63) is 28.6 Å². The molecule has 0 radical (unpaired) electrons. The number of hydrogen-bond donors (Lipinski definition) is 2. The predicted octanol–water partition coefficient (Wildman–Crippen LogP) is 3.43. The maximum absolute atomic E-state index is 10.8. The molecular formula is C12H12O3S. The highest BCUT2D eigenvalue weighted by molar-refractivity contribution is 7.19. The van der Waals surface area contributed by atoms with E-state index in [1.165, 1.54) is 6.07 Å². The Labute approximate surface area is 97.0 Å². The predicted molar refractivity (Wildman–Crippen MR) is 64.5 cm³/mol. The van der Waals surface area contributed by atoms with Gasteiger partial charge in [0.15, 0.2) is 0 Å². The summed E-state index contributed by atoms with van der Waals surface area (Å²) < 4.78 is 0.922. The lowest BCUT2D eigenvalue weighted by atomic mass is 10.1. The second kappa shape index (κ2) is 3.79. The number of hydrogen-bond acceptors (Lipinski definition) is 3. The van der Waals surface area contributed by atoms with Gasteiger partial charge in [-0.25, -0.2) is 4.79 Å². The van der Waals surface area contributed by atoms with Crippen LogP contribution in [0.5, 0.6) is 5.75 Å². The minimum atomic E-state index is -1.10. The zero-order chi connectivity index (χ0) is 11.9. The Morgan fingerprint density at radius 3 is 2.62 bits per heavy atom. The summed E-state index contributed by atoms with van der Waals surface area (Å²) in [6.45, 7) is 4.14. The van der Waals surface area contributed by atoms with Crippen LogP contribution >= 0.6 is 11.3 Å². The molecule has 0 saturated heterocycles. The number of carboxylic acid groups (broad SMARTS) is 1. The highest BCUT2D eigenvalue weighted by Gasteiger charge is 2.15. The van der Waals surface area contributed by atoms with Crippen LogP contribution in [0.3, 0.4) is 0 Å². The molecule has 16 heavy (non-hydrogen) atoms. The summed E-state index contributed by atoms with van der Waals surface area (Å²) in [7, 11) is 0. The molecule has 0 amide bonds. The molecule has 4 heteroatoms. The van der Waals surface area contributed by atoms with Crippen LogP contribution in [0.15, 0.2) is 18.2 Å². The van der Waals surface area contributed by atoms with Crippen molar-refractivity contribution >= 4 is 27.4 Å². The maximum atomic E-state index is 10.8. The highest BCUT2D eigenvalue weighted by Crippen LogP contribution is 2.37. The summed E-state index contributed by atoms with van der Waals surface area (Å²) in [5.74, 6) is -0.852. The molecule has 0 unspecified atom stereocenters. The van der Waals surface area contributed by atoms with E-state index in [2.05, 4.69) is 13.8 Å². The fraction of sp³-hybridized carbons (Fsp3) is 0.250. The van der Waals surface area contributed by atoms with E-state index in [0.29, 0.717) is 11.3 Å². The van der Waals surface area contributed by atoms with Crippen LogP contribution in [0, 0.1) is 0 Å². The van der Waals surface area contributed by atoms with Gasteiger partial charge in [0.05, 0.1) is 0 Å². The molecule has 3 nitrogen and oxygen atoms in total. The van der Waals surface area contributed by atoms with E-state index in [1.807, 2.05) is 6.07 Å². The summed E-state index contributed by atoms with van der Waals surface area (Å²) in [5, 5.41) is 19.4. The van der Waals surface area contributed by atoms with Crippen LogP contribution < -0.4 is 0 Å². The van der Waals surface area contributed by atoms with Crippen molar-refractivity contribution in [1.82, 2.24) is 0 Å². The topological polar surface area (TPSA) is 57.5 Å². The number of aromatic hydroxyl groups is 1. The number of rotatable bonds is 2. The average molecular weight is 236 g/mol. The van der Waals surface area contributed by atoms with Crippen molar-refractivity contribution in [3.63, 3.8) is 0 Å². The number of thiophene rings is 1. The lowest BCUT2D eigenvalue weighted by molar-refractivity contribution is 0.0694. The van der Waals surface area contributed by atoms with E-state index in [4.69, 9.17) is 5.11 Å². The molecule has 1 aromatic carbocycles. The molecule has 0 aliphatic rings. The standard InChI is InChI=1S/C12H12O3S/c1-6(2)10-5-8-9(16-10)4-3-7(11(8)13)12(14)15/h3-6,13H,1-2H3,(H,14,15). The second-order valence-corrected chi connectivity index (χ2v) is 5.10. The zero-order valence-electron chi connectivity index (χ0n) is 9.02. The average Bonchev–Trinajstić information content (AvgIpc) is 2.62. The van der Waals surface area contributed by atoms with E-state index in [0.717, 1.165) is 9.58 Å². The summed E-state index contributed by atoms with van der Waals surface area (Å²) in [4.78, 5) is 12.0. The van der Waals surface area contributed by atoms with Crippen LogP contribution in [0.2, 0.25) is 0 Å². The first-order chi connectivity index (χ1) is 7.50. The van der Waals surface area contributed by atoms with Gasteiger partial charge in [-0.05, 0) is 24.1 Å². The first-order valence-corrected chi connectivity index (χ1v) is 5.81. The van der Waals surface area contributed by atoms with Crippen LogP contribution in [-0.4, -0.2) is 16.2 Å². The van der Waals surface area contributed by atoms with Gasteiger partial charge in [-0.1, -0.05) is 13.8 Å². The third-order valence-electron chi connectivity index (χ3n) is 2.49. The summed E-state index contributed by atoms with van der Waals surface area (Å²) >= 11 is 1.59. The van der Waals surface area contributed by atoms with Crippen LogP contribution in [0.1, 0.15) is 35.0 Å². The van der Waals surface area contributed by atoms with E-state index < -0.39 is 5.97 Å². The Hall–Kier alpha value is -1.55. The lowest BCUT2D eigenvalue weighted by Gasteiger charge is -1.99. The number of benzene rings is 1. The van der Waals surface area contributed by atoms with Crippen molar-refractivity contribution < 1.29 is 15.0 Å². The molecular weight excluding hydrogens is 224 g/mol. The smallest absolute Gasteiger partial charge is 0.339 e. The summed E-state index contributed by atoms with van der Waals surface area (Å²) in [5.41, 5.74) is -0.0411. The van der Waals surface area contributed by atoms with Gasteiger partial charge >= 0.3 is 5.97 Å². The fourth-order valence-electron chi connectivity index (χ4n) is 1.57. The number of aromatic carboxylic acids is 1. The molecule has 1 aromatic heterocycles. The van der Waals surface area contributed by atoms with Crippen molar-refractivity contribution in [2.45, 2.75) is 19.8 Å². The lowest BCUT2D eigenvalue weighted by Crippen LogP contribution is -1.95. The first-order valence-electron chi connectivity index (χ1n) is 4.99. The largest absolute Gasteiger partial charge is 0.506 e. The molecule has 0 aliphatic heterocycles. The number of fused-ring (bicyclic) bond motifs is 1. The van der Waals surface area contributed by atoms with Gasteiger partial charge in [-0.15, -0.1) is 11.3 Å². The second-order valence-electron chi connectivity index (χ2n) is 3.98. The van der Waals surface area contributed by atoms with E-state index in [9.17, 15) is 9.90 Å². The highest BCUT2D eigenvalue weighted by atomic mass is 32.1. The number of phenols is 1. The number of carbonyl (C=O) groups is 1. The van der Waals surface area contributed by atoms with Crippen LogP contribution in [-0.2, 0) is 0 Å². The van der Waals surface area contributed by atoms with Gasteiger partial charge in [0.25, 0.3) is 0 Å². The quantitative estimate of drug-likeness (QED) is 0.839. The molecule has 0 bridgehead atoms. The van der Waals surface area contributed by atoms with Gasteiger partial charge in [-0.2, -0.15) is 0 Å². The minimum Gasteiger partial charge on any atom is -0.506 e. The third-order valence-corrected chi connectivity index (χ3v) is 3.89. The SMILES string of the molecule is CC(C)c1cc2c(O)c(C(=O)O)ccc2s1. The molecule has 2 N–H and O–H groups in total. The van der Waals surface area contributed by atoms with Crippen molar-refractivity contribution in [3.8, 4) is 5.75 Å². The Balaban J connectivity index is 2.69. The van der Waals surface area contributed by atoms with Crippen molar-refractivity contribution in [2.24, 2.45) is 0 Å². The first kappa shape index (κ1) is 11.0. The van der Waals surface area contributed by atoms with Crippen molar-refractivity contribution in [1.29, 1.82) is 0 Å². The molecule has 2 rings (SSSR count). The van der Waals surface area contributed by atoms with E-state index >= 15 is 0 Å². The van der Waals surface area contributed by atoms with Crippen LogP contribution in [0.25, 0.3) is 10.1 Å². The Morgan fingerprint density at radius 2 is 2.06 bits per heavy atom.